The number of aryl methyl sites for hydroxylation is 1. The van der Waals surface area contributed by atoms with E-state index in [4.69, 9.17) is 12.2 Å². The van der Waals surface area contributed by atoms with Gasteiger partial charge in [-0.1, -0.05) is 6.92 Å². The molecule has 5 heteroatoms. The third kappa shape index (κ3) is 2.54. The van der Waals surface area contributed by atoms with Crippen LogP contribution in [0.2, 0.25) is 0 Å². The summed E-state index contributed by atoms with van der Waals surface area (Å²) in [4.78, 5) is 11.7. The fraction of sp³-hybridized carbons (Fsp3) is 0.455. The molecule has 86 valence electrons. The lowest BCUT2D eigenvalue weighted by molar-refractivity contribution is 0.0936. The Morgan fingerprint density at radius 3 is 2.94 bits per heavy atom. The van der Waals surface area contributed by atoms with Crippen molar-refractivity contribution in [3.63, 3.8) is 0 Å². The Hall–Kier alpha value is -1.96. The van der Waals surface area contributed by atoms with E-state index in [9.17, 15) is 4.79 Å². The van der Waals surface area contributed by atoms with Gasteiger partial charge in [-0.25, -0.2) is 0 Å². The SMILES string of the molecule is C#CCC(C)NC(=O)c1n[nH]c(CC)c1N. The van der Waals surface area contributed by atoms with Crippen LogP contribution in [0.1, 0.15) is 36.5 Å². The van der Waals surface area contributed by atoms with Gasteiger partial charge in [0.1, 0.15) is 0 Å². The molecule has 1 heterocycles. The molecule has 1 aromatic heterocycles. The summed E-state index contributed by atoms with van der Waals surface area (Å²) in [7, 11) is 0. The van der Waals surface area contributed by atoms with E-state index >= 15 is 0 Å². The van der Waals surface area contributed by atoms with Crippen molar-refractivity contribution in [3.8, 4) is 12.3 Å². The van der Waals surface area contributed by atoms with Crippen molar-refractivity contribution >= 4 is 11.6 Å². The molecule has 16 heavy (non-hydrogen) atoms. The molecule has 1 amide bonds. The van der Waals surface area contributed by atoms with Crippen molar-refractivity contribution < 1.29 is 4.79 Å². The third-order valence-corrected chi connectivity index (χ3v) is 2.25. The lowest BCUT2D eigenvalue weighted by Gasteiger charge is -2.09. The van der Waals surface area contributed by atoms with Crippen LogP contribution in [-0.4, -0.2) is 22.1 Å². The van der Waals surface area contributed by atoms with E-state index < -0.39 is 0 Å². The van der Waals surface area contributed by atoms with Gasteiger partial charge in [-0.05, 0) is 13.3 Å². The number of aromatic amines is 1. The second-order valence-electron chi connectivity index (χ2n) is 3.60. The predicted molar refractivity (Wildman–Crippen MR) is 62.8 cm³/mol. The summed E-state index contributed by atoms with van der Waals surface area (Å²) in [6, 6.07) is -0.0846. The van der Waals surface area contributed by atoms with Crippen LogP contribution in [0, 0.1) is 12.3 Å². The van der Waals surface area contributed by atoms with Gasteiger partial charge in [-0.3, -0.25) is 9.89 Å². The number of H-pyrrole nitrogens is 1. The first-order valence-corrected chi connectivity index (χ1v) is 5.17. The zero-order valence-electron chi connectivity index (χ0n) is 9.50. The number of aromatic nitrogens is 2. The van der Waals surface area contributed by atoms with E-state index in [1.807, 2.05) is 13.8 Å². The Morgan fingerprint density at radius 2 is 2.44 bits per heavy atom. The molecule has 1 rings (SSSR count). The van der Waals surface area contributed by atoms with Crippen molar-refractivity contribution in [1.29, 1.82) is 0 Å². The van der Waals surface area contributed by atoms with Gasteiger partial charge >= 0.3 is 0 Å². The van der Waals surface area contributed by atoms with Crippen LogP contribution < -0.4 is 11.1 Å². The Balaban J connectivity index is 2.74. The predicted octanol–water partition coefficient (Wildman–Crippen LogP) is 0.696. The third-order valence-electron chi connectivity index (χ3n) is 2.25. The van der Waals surface area contributed by atoms with Gasteiger partial charge in [-0.2, -0.15) is 5.10 Å². The molecule has 5 nitrogen and oxygen atoms in total. The number of hydrogen-bond donors (Lipinski definition) is 3. The molecule has 0 aromatic carbocycles. The van der Waals surface area contributed by atoms with E-state index in [2.05, 4.69) is 21.4 Å². The van der Waals surface area contributed by atoms with Gasteiger partial charge in [-0.15, -0.1) is 12.3 Å². The number of nitrogens with zero attached hydrogens (tertiary/aromatic N) is 1. The molecule has 0 saturated carbocycles. The fourth-order valence-corrected chi connectivity index (χ4v) is 1.35. The van der Waals surface area contributed by atoms with Gasteiger partial charge in [0.2, 0.25) is 0 Å². The maximum absolute atomic E-state index is 11.7. The number of amides is 1. The van der Waals surface area contributed by atoms with Gasteiger partial charge in [0.05, 0.1) is 11.4 Å². The molecule has 0 radical (unpaired) electrons. The number of terminal acetylenes is 1. The number of hydrogen-bond acceptors (Lipinski definition) is 3. The van der Waals surface area contributed by atoms with Crippen molar-refractivity contribution in [2.24, 2.45) is 0 Å². The van der Waals surface area contributed by atoms with E-state index in [0.29, 0.717) is 18.5 Å². The number of rotatable bonds is 4. The summed E-state index contributed by atoms with van der Waals surface area (Å²) in [6.07, 6.45) is 6.35. The van der Waals surface area contributed by atoms with Crippen LogP contribution in [0.5, 0.6) is 0 Å². The van der Waals surface area contributed by atoms with Crippen LogP contribution in [0.3, 0.4) is 0 Å². The second kappa shape index (κ2) is 5.21. The number of nitrogens with two attached hydrogens (primary N) is 1. The largest absolute Gasteiger partial charge is 0.395 e. The van der Waals surface area contributed by atoms with Crippen molar-refractivity contribution in [2.75, 3.05) is 5.73 Å². The smallest absolute Gasteiger partial charge is 0.274 e. The Kier molecular flexibility index (Phi) is 3.95. The van der Waals surface area contributed by atoms with Crippen LogP contribution in [0.4, 0.5) is 5.69 Å². The van der Waals surface area contributed by atoms with Gasteiger partial charge in [0, 0.05) is 12.5 Å². The highest BCUT2D eigenvalue weighted by Crippen LogP contribution is 2.14. The lowest BCUT2D eigenvalue weighted by atomic mass is 10.2. The van der Waals surface area contributed by atoms with Crippen LogP contribution in [-0.2, 0) is 6.42 Å². The standard InChI is InChI=1S/C11H16N4O/c1-4-6-7(3)13-11(16)10-9(12)8(5-2)14-15-10/h1,7H,5-6,12H2,2-3H3,(H,13,16)(H,14,15). The normalized spacial score (nSPS) is 11.8. The molecule has 0 aliphatic carbocycles. The molecule has 0 aliphatic rings. The average molecular weight is 220 g/mol. The molecule has 0 saturated heterocycles. The molecule has 0 aliphatic heterocycles. The van der Waals surface area contributed by atoms with Crippen molar-refractivity contribution in [1.82, 2.24) is 15.5 Å². The van der Waals surface area contributed by atoms with Crippen LogP contribution in [0.25, 0.3) is 0 Å². The molecular formula is C11H16N4O. The van der Waals surface area contributed by atoms with E-state index in [1.165, 1.54) is 0 Å². The minimum Gasteiger partial charge on any atom is -0.395 e. The fourth-order valence-electron chi connectivity index (χ4n) is 1.35. The minimum atomic E-state index is -0.295. The quantitative estimate of drug-likeness (QED) is 0.653. The number of anilines is 1. The number of carbonyl (C=O) groups excluding carboxylic acids is 1. The topological polar surface area (TPSA) is 83.8 Å². The van der Waals surface area contributed by atoms with E-state index in [0.717, 1.165) is 5.69 Å². The maximum atomic E-state index is 11.7. The molecule has 1 unspecified atom stereocenters. The van der Waals surface area contributed by atoms with E-state index in [1.54, 1.807) is 0 Å². The summed E-state index contributed by atoms with van der Waals surface area (Å²) >= 11 is 0. The zero-order valence-corrected chi connectivity index (χ0v) is 9.50. The monoisotopic (exact) mass is 220 g/mol. The second-order valence-corrected chi connectivity index (χ2v) is 3.60. The lowest BCUT2D eigenvalue weighted by Crippen LogP contribution is -2.32. The number of nitrogen functional groups attached to an aromatic ring is 1. The van der Waals surface area contributed by atoms with Gasteiger partial charge < -0.3 is 11.1 Å². The Bertz CT molecular complexity index is 416. The van der Waals surface area contributed by atoms with Crippen molar-refractivity contribution in [3.05, 3.63) is 11.4 Å². The zero-order chi connectivity index (χ0) is 12.1. The first-order chi connectivity index (χ1) is 7.60. The first kappa shape index (κ1) is 12.1. The first-order valence-electron chi connectivity index (χ1n) is 5.17. The highest BCUT2D eigenvalue weighted by Gasteiger charge is 2.17. The van der Waals surface area contributed by atoms with E-state index in [-0.39, 0.29) is 17.6 Å². The minimum absolute atomic E-state index is 0.0846. The summed E-state index contributed by atoms with van der Waals surface area (Å²) in [6.45, 7) is 3.77. The Morgan fingerprint density at radius 1 is 1.75 bits per heavy atom. The molecule has 1 atom stereocenters. The summed E-state index contributed by atoms with van der Waals surface area (Å²) in [5.74, 6) is 2.19. The molecule has 0 fully saturated rings. The molecule has 4 N–H and O–H groups in total. The summed E-state index contributed by atoms with van der Waals surface area (Å²) in [5.41, 5.74) is 7.19. The molecule has 0 spiro atoms. The highest BCUT2D eigenvalue weighted by molar-refractivity contribution is 5.97. The maximum Gasteiger partial charge on any atom is 0.274 e. The number of carbonyl (C=O) groups is 1. The van der Waals surface area contributed by atoms with Crippen molar-refractivity contribution in [2.45, 2.75) is 32.7 Å². The van der Waals surface area contributed by atoms with Gasteiger partial charge in [0.25, 0.3) is 5.91 Å². The van der Waals surface area contributed by atoms with Crippen LogP contribution in [0.15, 0.2) is 0 Å². The number of nitrogens with one attached hydrogen (secondary N) is 2. The molecular weight excluding hydrogens is 204 g/mol. The highest BCUT2D eigenvalue weighted by atomic mass is 16.2. The average Bonchev–Trinajstić information content (AvgIpc) is 2.59. The Labute approximate surface area is 94.8 Å². The summed E-state index contributed by atoms with van der Waals surface area (Å²) < 4.78 is 0. The molecule has 0 bridgehead atoms. The molecule has 1 aromatic rings. The van der Waals surface area contributed by atoms with Gasteiger partial charge in [0.15, 0.2) is 5.69 Å². The van der Waals surface area contributed by atoms with Crippen LogP contribution >= 0.6 is 0 Å². The summed E-state index contributed by atoms with van der Waals surface area (Å²) in [5, 5.41) is 9.35.